The molecule has 2 aromatic rings. The number of methoxy groups -OCH3 is 1. The van der Waals surface area contributed by atoms with Crippen LogP contribution in [0, 0.1) is 12.7 Å². The fraction of sp³-hybridized carbons (Fsp3) is 0.167. The molecule has 0 aliphatic carbocycles. The predicted molar refractivity (Wildman–Crippen MR) is 66.0 cm³/mol. The number of anilines is 1. The highest BCUT2D eigenvalue weighted by molar-refractivity contribution is 5.75. The standard InChI is InChI=1S/C12H12FN3O2/c1-6-10(11(14)16-12(17)15-6)7-3-4-9(18-2)8(13)5-7/h3-5H,1-2H3,(H3,14,15,16,17). The predicted octanol–water partition coefficient (Wildman–Crippen LogP) is 1.48. The van der Waals surface area contributed by atoms with Crippen molar-refractivity contribution in [3.8, 4) is 16.9 Å². The molecule has 0 bridgehead atoms. The summed E-state index contributed by atoms with van der Waals surface area (Å²) >= 11 is 0. The molecular formula is C12H12FN3O2. The molecule has 1 aromatic carbocycles. The summed E-state index contributed by atoms with van der Waals surface area (Å²) in [6.07, 6.45) is 0. The lowest BCUT2D eigenvalue weighted by molar-refractivity contribution is 0.386. The first-order valence-electron chi connectivity index (χ1n) is 5.23. The zero-order chi connectivity index (χ0) is 13.3. The minimum absolute atomic E-state index is 0.0702. The van der Waals surface area contributed by atoms with Crippen molar-refractivity contribution in [1.29, 1.82) is 0 Å². The van der Waals surface area contributed by atoms with Crippen molar-refractivity contribution in [3.63, 3.8) is 0 Å². The smallest absolute Gasteiger partial charge is 0.347 e. The van der Waals surface area contributed by atoms with Gasteiger partial charge in [-0.15, -0.1) is 0 Å². The number of rotatable bonds is 2. The Balaban J connectivity index is 2.62. The molecule has 3 N–H and O–H groups in total. The zero-order valence-electron chi connectivity index (χ0n) is 9.95. The molecule has 94 valence electrons. The van der Waals surface area contributed by atoms with E-state index in [1.165, 1.54) is 19.2 Å². The third-order valence-corrected chi connectivity index (χ3v) is 2.59. The number of halogens is 1. The number of aromatic nitrogens is 2. The Kier molecular flexibility index (Phi) is 3.01. The Morgan fingerprint density at radius 1 is 1.44 bits per heavy atom. The molecule has 0 aliphatic heterocycles. The van der Waals surface area contributed by atoms with Crippen LogP contribution in [0.5, 0.6) is 5.75 Å². The molecule has 18 heavy (non-hydrogen) atoms. The molecule has 0 unspecified atom stereocenters. The van der Waals surface area contributed by atoms with Crippen molar-refractivity contribution in [2.24, 2.45) is 0 Å². The van der Waals surface area contributed by atoms with E-state index < -0.39 is 11.5 Å². The first-order valence-corrected chi connectivity index (χ1v) is 5.23. The third-order valence-electron chi connectivity index (χ3n) is 2.59. The lowest BCUT2D eigenvalue weighted by atomic mass is 10.0. The largest absolute Gasteiger partial charge is 0.494 e. The summed E-state index contributed by atoms with van der Waals surface area (Å²) in [6, 6.07) is 4.44. The van der Waals surface area contributed by atoms with Crippen LogP contribution in [0.1, 0.15) is 5.69 Å². The van der Waals surface area contributed by atoms with E-state index in [0.717, 1.165) is 0 Å². The Bertz CT molecular complexity index is 626. The summed E-state index contributed by atoms with van der Waals surface area (Å²) in [7, 11) is 1.39. The first-order chi connectivity index (χ1) is 8.52. The van der Waals surface area contributed by atoms with Crippen LogP contribution in [0.4, 0.5) is 10.2 Å². The van der Waals surface area contributed by atoms with Crippen molar-refractivity contribution in [3.05, 3.63) is 40.2 Å². The molecule has 0 spiro atoms. The number of hydrogen-bond acceptors (Lipinski definition) is 4. The number of nitrogen functional groups attached to an aromatic ring is 1. The number of hydrogen-bond donors (Lipinski definition) is 2. The average Bonchev–Trinajstić information content (AvgIpc) is 2.27. The maximum absolute atomic E-state index is 13.6. The zero-order valence-corrected chi connectivity index (χ0v) is 9.95. The summed E-state index contributed by atoms with van der Waals surface area (Å²) in [5.41, 5.74) is 6.75. The molecule has 0 amide bonds. The second kappa shape index (κ2) is 4.48. The number of nitrogens with one attached hydrogen (secondary N) is 1. The van der Waals surface area contributed by atoms with Gasteiger partial charge in [-0.25, -0.2) is 9.18 Å². The van der Waals surface area contributed by atoms with Crippen LogP contribution in [0.25, 0.3) is 11.1 Å². The van der Waals surface area contributed by atoms with E-state index in [1.54, 1.807) is 13.0 Å². The van der Waals surface area contributed by atoms with E-state index in [2.05, 4.69) is 9.97 Å². The van der Waals surface area contributed by atoms with Crippen molar-refractivity contribution in [1.82, 2.24) is 9.97 Å². The molecule has 0 atom stereocenters. The summed E-state index contributed by atoms with van der Waals surface area (Å²) in [6.45, 7) is 1.68. The van der Waals surface area contributed by atoms with Crippen LogP contribution in [0.3, 0.4) is 0 Å². The van der Waals surface area contributed by atoms with Gasteiger partial charge in [-0.05, 0) is 24.6 Å². The Hall–Kier alpha value is -2.37. The molecule has 1 heterocycles. The molecule has 1 aromatic heterocycles. The van der Waals surface area contributed by atoms with Gasteiger partial charge in [0.15, 0.2) is 11.6 Å². The maximum atomic E-state index is 13.6. The maximum Gasteiger partial charge on any atom is 0.347 e. The summed E-state index contributed by atoms with van der Waals surface area (Å²) < 4.78 is 18.5. The average molecular weight is 249 g/mol. The third kappa shape index (κ3) is 2.04. The molecule has 0 radical (unpaired) electrons. The second-order valence-corrected chi connectivity index (χ2v) is 3.78. The van der Waals surface area contributed by atoms with Crippen molar-refractivity contribution in [2.75, 3.05) is 12.8 Å². The Morgan fingerprint density at radius 2 is 2.17 bits per heavy atom. The van der Waals surface area contributed by atoms with Crippen LogP contribution in [-0.2, 0) is 0 Å². The number of ether oxygens (including phenoxy) is 1. The first kappa shape index (κ1) is 12.1. The fourth-order valence-corrected chi connectivity index (χ4v) is 1.79. The highest BCUT2D eigenvalue weighted by Gasteiger charge is 2.12. The molecule has 0 fully saturated rings. The minimum Gasteiger partial charge on any atom is -0.494 e. The van der Waals surface area contributed by atoms with E-state index in [9.17, 15) is 9.18 Å². The molecule has 6 heteroatoms. The van der Waals surface area contributed by atoms with Crippen LogP contribution in [-0.4, -0.2) is 17.1 Å². The van der Waals surface area contributed by atoms with Gasteiger partial charge >= 0.3 is 5.69 Å². The molecular weight excluding hydrogens is 237 g/mol. The van der Waals surface area contributed by atoms with Crippen LogP contribution in [0.15, 0.2) is 23.0 Å². The van der Waals surface area contributed by atoms with Crippen molar-refractivity contribution >= 4 is 5.82 Å². The lowest BCUT2D eigenvalue weighted by Gasteiger charge is -2.09. The monoisotopic (exact) mass is 249 g/mol. The normalized spacial score (nSPS) is 10.4. The van der Waals surface area contributed by atoms with E-state index in [0.29, 0.717) is 16.8 Å². The molecule has 0 aliphatic rings. The van der Waals surface area contributed by atoms with Crippen LogP contribution < -0.4 is 16.2 Å². The lowest BCUT2D eigenvalue weighted by Crippen LogP contribution is -2.15. The topological polar surface area (TPSA) is 81.0 Å². The number of aryl methyl sites for hydroxylation is 1. The van der Waals surface area contributed by atoms with E-state index in [4.69, 9.17) is 10.5 Å². The van der Waals surface area contributed by atoms with E-state index in [1.807, 2.05) is 0 Å². The van der Waals surface area contributed by atoms with Crippen molar-refractivity contribution < 1.29 is 9.13 Å². The van der Waals surface area contributed by atoms with Gasteiger partial charge in [0.2, 0.25) is 0 Å². The SMILES string of the molecule is COc1ccc(-c2c(N)nc(=O)[nH]c2C)cc1F. The number of nitrogens with zero attached hydrogens (tertiary/aromatic N) is 1. The highest BCUT2D eigenvalue weighted by atomic mass is 19.1. The van der Waals surface area contributed by atoms with Crippen LogP contribution in [0.2, 0.25) is 0 Å². The van der Waals surface area contributed by atoms with Gasteiger partial charge in [0, 0.05) is 11.3 Å². The fourth-order valence-electron chi connectivity index (χ4n) is 1.79. The van der Waals surface area contributed by atoms with Gasteiger partial charge in [0.25, 0.3) is 0 Å². The number of aromatic amines is 1. The minimum atomic E-state index is -0.525. The number of H-pyrrole nitrogens is 1. The molecule has 0 saturated heterocycles. The van der Waals surface area contributed by atoms with Gasteiger partial charge in [-0.3, -0.25) is 0 Å². The Labute approximate surface area is 102 Å². The summed E-state index contributed by atoms with van der Waals surface area (Å²) in [4.78, 5) is 17.2. The highest BCUT2D eigenvalue weighted by Crippen LogP contribution is 2.29. The van der Waals surface area contributed by atoms with Crippen molar-refractivity contribution in [2.45, 2.75) is 6.92 Å². The quantitative estimate of drug-likeness (QED) is 0.844. The summed E-state index contributed by atoms with van der Waals surface area (Å²) in [5, 5.41) is 0. The molecule has 0 saturated carbocycles. The van der Waals surface area contributed by atoms with Gasteiger partial charge in [-0.1, -0.05) is 6.07 Å². The van der Waals surface area contributed by atoms with Gasteiger partial charge < -0.3 is 15.5 Å². The number of nitrogens with two attached hydrogens (primary N) is 1. The molecule has 5 nitrogen and oxygen atoms in total. The van der Waals surface area contributed by atoms with Gasteiger partial charge in [0.05, 0.1) is 7.11 Å². The van der Waals surface area contributed by atoms with E-state index >= 15 is 0 Å². The van der Waals surface area contributed by atoms with Gasteiger partial charge in [-0.2, -0.15) is 4.98 Å². The van der Waals surface area contributed by atoms with E-state index in [-0.39, 0.29) is 11.6 Å². The number of benzene rings is 1. The summed E-state index contributed by atoms with van der Waals surface area (Å²) in [5.74, 6) is -0.284. The van der Waals surface area contributed by atoms with Gasteiger partial charge in [0.1, 0.15) is 5.82 Å². The van der Waals surface area contributed by atoms with Crippen LogP contribution >= 0.6 is 0 Å². The second-order valence-electron chi connectivity index (χ2n) is 3.78. The Morgan fingerprint density at radius 3 is 2.72 bits per heavy atom. The molecule has 2 rings (SSSR count).